The van der Waals surface area contributed by atoms with E-state index in [2.05, 4.69) is 0 Å². The average Bonchev–Trinajstić information content (AvgIpc) is 2.77. The lowest BCUT2D eigenvalue weighted by Crippen LogP contribution is -2.20. The molecule has 1 aromatic heterocycles. The molecular formula is C15H11Cl2NO3S. The average molecular weight is 356 g/mol. The van der Waals surface area contributed by atoms with E-state index in [4.69, 9.17) is 33.4 Å². The SMILES string of the molecule is NC(=O)CS(=O)Cc1cccc2oc3cc(Cl)c(Cl)cc3c12. The van der Waals surface area contributed by atoms with Gasteiger partial charge in [0.2, 0.25) is 5.91 Å². The molecule has 7 heteroatoms. The maximum atomic E-state index is 12.0. The van der Waals surface area contributed by atoms with E-state index in [1.165, 1.54) is 0 Å². The summed E-state index contributed by atoms with van der Waals surface area (Å²) in [7, 11) is -1.37. The molecule has 0 saturated carbocycles. The van der Waals surface area contributed by atoms with Crippen molar-refractivity contribution in [3.8, 4) is 0 Å². The Balaban J connectivity index is 2.16. The minimum Gasteiger partial charge on any atom is -0.456 e. The Morgan fingerprint density at radius 3 is 2.64 bits per heavy atom. The highest BCUT2D eigenvalue weighted by Crippen LogP contribution is 2.36. The standard InChI is InChI=1S/C15H11Cl2NO3S/c16-10-4-9-13(5-11(10)17)21-12-3-1-2-8(15(9)12)6-22(20)7-14(18)19/h1-5H,6-7H2,(H2,18,19). The fourth-order valence-corrected chi connectivity index (χ4v) is 3.72. The van der Waals surface area contributed by atoms with Crippen molar-refractivity contribution in [1.82, 2.24) is 0 Å². The van der Waals surface area contributed by atoms with Gasteiger partial charge in [0.25, 0.3) is 0 Å². The van der Waals surface area contributed by atoms with Crippen molar-refractivity contribution in [3.05, 3.63) is 45.9 Å². The highest BCUT2D eigenvalue weighted by molar-refractivity contribution is 7.84. The van der Waals surface area contributed by atoms with Crippen molar-refractivity contribution in [3.63, 3.8) is 0 Å². The van der Waals surface area contributed by atoms with E-state index in [1.54, 1.807) is 12.1 Å². The number of furan rings is 1. The van der Waals surface area contributed by atoms with Crippen LogP contribution in [0.3, 0.4) is 0 Å². The predicted molar refractivity (Wildman–Crippen MR) is 89.6 cm³/mol. The Hall–Kier alpha value is -1.56. The van der Waals surface area contributed by atoms with Crippen LogP contribution in [0.15, 0.2) is 34.7 Å². The third kappa shape index (κ3) is 2.84. The van der Waals surface area contributed by atoms with Gasteiger partial charge >= 0.3 is 0 Å². The number of rotatable bonds is 4. The summed E-state index contributed by atoms with van der Waals surface area (Å²) in [6, 6.07) is 8.86. The molecule has 0 spiro atoms. The molecule has 0 aliphatic rings. The van der Waals surface area contributed by atoms with Crippen molar-refractivity contribution in [2.45, 2.75) is 5.75 Å². The van der Waals surface area contributed by atoms with Crippen LogP contribution in [-0.2, 0) is 21.3 Å². The topological polar surface area (TPSA) is 73.3 Å². The molecular weight excluding hydrogens is 345 g/mol. The van der Waals surface area contributed by atoms with Crippen LogP contribution in [0.5, 0.6) is 0 Å². The van der Waals surface area contributed by atoms with Gasteiger partial charge in [0.1, 0.15) is 16.9 Å². The second kappa shape index (κ2) is 5.91. The van der Waals surface area contributed by atoms with E-state index in [0.717, 1.165) is 16.3 Å². The van der Waals surface area contributed by atoms with Gasteiger partial charge in [0, 0.05) is 33.4 Å². The van der Waals surface area contributed by atoms with Crippen LogP contribution in [0.2, 0.25) is 10.0 Å². The third-order valence-corrected chi connectivity index (χ3v) is 5.21. The van der Waals surface area contributed by atoms with Gasteiger partial charge in [-0.3, -0.25) is 9.00 Å². The number of carbonyl (C=O) groups excluding carboxylic acids is 1. The molecule has 1 heterocycles. The summed E-state index contributed by atoms with van der Waals surface area (Å²) in [5.41, 5.74) is 7.16. The van der Waals surface area contributed by atoms with Crippen LogP contribution >= 0.6 is 23.2 Å². The first-order chi connectivity index (χ1) is 10.5. The van der Waals surface area contributed by atoms with Crippen molar-refractivity contribution >= 4 is 61.8 Å². The number of carbonyl (C=O) groups is 1. The molecule has 2 aromatic carbocycles. The molecule has 0 aliphatic carbocycles. The molecule has 0 saturated heterocycles. The maximum absolute atomic E-state index is 12.0. The highest BCUT2D eigenvalue weighted by atomic mass is 35.5. The Morgan fingerprint density at radius 2 is 1.91 bits per heavy atom. The number of halogens is 2. The number of amides is 1. The summed E-state index contributed by atoms with van der Waals surface area (Å²) < 4.78 is 17.7. The van der Waals surface area contributed by atoms with Gasteiger partial charge in [-0.15, -0.1) is 0 Å². The molecule has 0 fully saturated rings. The molecule has 0 aliphatic heterocycles. The first-order valence-corrected chi connectivity index (χ1v) is 8.62. The molecule has 1 amide bonds. The Labute approximate surface area is 138 Å². The first kappa shape index (κ1) is 15.3. The molecule has 0 bridgehead atoms. The molecule has 0 radical (unpaired) electrons. The second-order valence-corrected chi connectivity index (χ2v) is 7.12. The van der Waals surface area contributed by atoms with Gasteiger partial charge in [0.05, 0.1) is 10.0 Å². The highest BCUT2D eigenvalue weighted by Gasteiger charge is 2.15. The predicted octanol–water partition coefficient (Wildman–Crippen LogP) is 3.63. The largest absolute Gasteiger partial charge is 0.456 e. The molecule has 22 heavy (non-hydrogen) atoms. The summed E-state index contributed by atoms with van der Waals surface area (Å²) in [5, 5.41) is 2.46. The van der Waals surface area contributed by atoms with Gasteiger partial charge in [-0.05, 0) is 17.7 Å². The number of benzene rings is 2. The molecule has 1 unspecified atom stereocenters. The van der Waals surface area contributed by atoms with Gasteiger partial charge in [0.15, 0.2) is 0 Å². The summed E-state index contributed by atoms with van der Waals surface area (Å²) in [6.07, 6.45) is 0. The van der Waals surface area contributed by atoms with Crippen LogP contribution in [0.1, 0.15) is 5.56 Å². The first-order valence-electron chi connectivity index (χ1n) is 6.38. The van der Waals surface area contributed by atoms with Crippen LogP contribution in [-0.4, -0.2) is 15.9 Å². The van der Waals surface area contributed by atoms with Crippen LogP contribution in [0, 0.1) is 0 Å². The van der Waals surface area contributed by atoms with Gasteiger partial charge in [-0.25, -0.2) is 0 Å². The van der Waals surface area contributed by atoms with Gasteiger partial charge < -0.3 is 10.2 Å². The molecule has 114 valence electrons. The number of fused-ring (bicyclic) bond motifs is 3. The number of hydrogen-bond donors (Lipinski definition) is 1. The number of nitrogens with two attached hydrogens (primary N) is 1. The van der Waals surface area contributed by atoms with Gasteiger partial charge in [-0.2, -0.15) is 0 Å². The zero-order chi connectivity index (χ0) is 15.9. The lowest BCUT2D eigenvalue weighted by molar-refractivity contribution is -0.115. The lowest BCUT2D eigenvalue weighted by Gasteiger charge is -2.03. The molecule has 1 atom stereocenters. The summed E-state index contributed by atoms with van der Waals surface area (Å²) in [6.45, 7) is 0. The van der Waals surface area contributed by atoms with E-state index < -0.39 is 16.7 Å². The summed E-state index contributed by atoms with van der Waals surface area (Å²) in [5.74, 6) is -0.536. The van der Waals surface area contributed by atoms with E-state index in [-0.39, 0.29) is 11.5 Å². The van der Waals surface area contributed by atoms with Crippen molar-refractivity contribution in [2.75, 3.05) is 5.75 Å². The van der Waals surface area contributed by atoms with Crippen LogP contribution < -0.4 is 5.73 Å². The second-order valence-electron chi connectivity index (χ2n) is 4.85. The number of hydrogen-bond acceptors (Lipinski definition) is 3. The van der Waals surface area contributed by atoms with E-state index in [9.17, 15) is 9.00 Å². The zero-order valence-corrected chi connectivity index (χ0v) is 13.6. The number of primary amides is 1. The molecule has 3 rings (SSSR count). The summed E-state index contributed by atoms with van der Waals surface area (Å²) in [4.78, 5) is 10.9. The van der Waals surface area contributed by atoms with E-state index >= 15 is 0 Å². The third-order valence-electron chi connectivity index (χ3n) is 3.24. The molecule has 3 aromatic rings. The van der Waals surface area contributed by atoms with Crippen LogP contribution in [0.4, 0.5) is 0 Å². The Morgan fingerprint density at radius 1 is 1.18 bits per heavy atom. The van der Waals surface area contributed by atoms with E-state index in [1.807, 2.05) is 18.2 Å². The summed E-state index contributed by atoms with van der Waals surface area (Å²) >= 11 is 12.1. The minimum absolute atomic E-state index is 0.168. The fraction of sp³-hybridized carbons (Fsp3) is 0.133. The van der Waals surface area contributed by atoms with E-state index in [0.29, 0.717) is 21.2 Å². The van der Waals surface area contributed by atoms with Crippen molar-refractivity contribution in [2.24, 2.45) is 5.73 Å². The van der Waals surface area contributed by atoms with Crippen molar-refractivity contribution < 1.29 is 13.4 Å². The minimum atomic E-state index is -1.37. The maximum Gasteiger partial charge on any atom is 0.230 e. The Bertz CT molecular complexity index is 920. The smallest absolute Gasteiger partial charge is 0.230 e. The molecule has 4 nitrogen and oxygen atoms in total. The lowest BCUT2D eigenvalue weighted by atomic mass is 10.1. The zero-order valence-electron chi connectivity index (χ0n) is 11.3. The quantitative estimate of drug-likeness (QED) is 0.776. The normalized spacial score (nSPS) is 12.8. The Kier molecular flexibility index (Phi) is 4.12. The molecule has 2 N–H and O–H groups in total. The van der Waals surface area contributed by atoms with Gasteiger partial charge in [-0.1, -0.05) is 35.3 Å². The monoisotopic (exact) mass is 355 g/mol. The van der Waals surface area contributed by atoms with Crippen LogP contribution in [0.25, 0.3) is 21.9 Å². The fourth-order valence-electron chi connectivity index (χ4n) is 2.40. The van der Waals surface area contributed by atoms with Crippen molar-refractivity contribution in [1.29, 1.82) is 0 Å².